The molecular weight excluding hydrogens is 142 g/mol. The molecule has 2 heterocycles. The van der Waals surface area contributed by atoms with Gasteiger partial charge >= 0.3 is 0 Å². The van der Waals surface area contributed by atoms with E-state index in [1.807, 2.05) is 0 Å². The molecule has 1 N–H and O–H groups in total. The quantitative estimate of drug-likeness (QED) is 0.539. The van der Waals surface area contributed by atoms with E-state index in [1.165, 1.54) is 0 Å². The van der Waals surface area contributed by atoms with Gasteiger partial charge in [0.1, 0.15) is 5.60 Å². The summed E-state index contributed by atoms with van der Waals surface area (Å²) in [5, 5.41) is 3.20. The van der Waals surface area contributed by atoms with Gasteiger partial charge in [0, 0.05) is 13.0 Å². The first-order valence-electron chi connectivity index (χ1n) is 4.21. The summed E-state index contributed by atoms with van der Waals surface area (Å²) in [5.41, 5.74) is -0.418. The summed E-state index contributed by atoms with van der Waals surface area (Å²) in [6.07, 6.45) is 2.59. The fraction of sp³-hybridized carbons (Fsp3) is 0.875. The van der Waals surface area contributed by atoms with Gasteiger partial charge in [-0.1, -0.05) is 0 Å². The maximum atomic E-state index is 11.4. The Morgan fingerprint density at radius 3 is 3.00 bits per heavy atom. The van der Waals surface area contributed by atoms with Crippen molar-refractivity contribution >= 4 is 5.78 Å². The van der Waals surface area contributed by atoms with Crippen molar-refractivity contribution in [2.75, 3.05) is 19.7 Å². The lowest BCUT2D eigenvalue weighted by Gasteiger charge is -2.31. The molecule has 0 radical (unpaired) electrons. The van der Waals surface area contributed by atoms with Gasteiger partial charge in [-0.25, -0.2) is 0 Å². The van der Waals surface area contributed by atoms with Crippen LogP contribution in [0, 0.1) is 0 Å². The number of Topliss-reactive ketones (excluding diaryl/α,β-unsaturated/α-hetero) is 1. The highest BCUT2D eigenvalue weighted by molar-refractivity contribution is 5.89. The Morgan fingerprint density at radius 2 is 2.45 bits per heavy atom. The molecule has 62 valence electrons. The van der Waals surface area contributed by atoms with Crippen LogP contribution < -0.4 is 5.32 Å². The summed E-state index contributed by atoms with van der Waals surface area (Å²) in [6.45, 7) is 2.38. The lowest BCUT2D eigenvalue weighted by Crippen LogP contribution is -2.49. The molecular formula is C8H13NO2. The fourth-order valence-corrected chi connectivity index (χ4v) is 1.89. The Kier molecular flexibility index (Phi) is 1.69. The molecule has 0 saturated carbocycles. The van der Waals surface area contributed by atoms with Crippen molar-refractivity contribution in [3.63, 3.8) is 0 Å². The van der Waals surface area contributed by atoms with Gasteiger partial charge < -0.3 is 10.1 Å². The van der Waals surface area contributed by atoms with E-state index in [0.29, 0.717) is 18.8 Å². The average molecular weight is 155 g/mol. The van der Waals surface area contributed by atoms with Gasteiger partial charge in [0.25, 0.3) is 0 Å². The maximum Gasteiger partial charge on any atom is 0.168 e. The van der Waals surface area contributed by atoms with Crippen molar-refractivity contribution in [3.8, 4) is 0 Å². The van der Waals surface area contributed by atoms with Crippen molar-refractivity contribution in [2.45, 2.75) is 24.9 Å². The van der Waals surface area contributed by atoms with Crippen LogP contribution in [0.25, 0.3) is 0 Å². The Labute approximate surface area is 66.1 Å². The van der Waals surface area contributed by atoms with E-state index in [4.69, 9.17) is 4.74 Å². The fourth-order valence-electron chi connectivity index (χ4n) is 1.89. The zero-order valence-corrected chi connectivity index (χ0v) is 6.56. The number of piperidine rings is 1. The third kappa shape index (κ3) is 1.08. The van der Waals surface area contributed by atoms with Gasteiger partial charge in [-0.3, -0.25) is 4.79 Å². The number of hydrogen-bond acceptors (Lipinski definition) is 3. The molecule has 0 aromatic rings. The number of rotatable bonds is 0. The molecule has 0 amide bonds. The zero-order valence-electron chi connectivity index (χ0n) is 6.56. The summed E-state index contributed by atoms with van der Waals surface area (Å²) in [7, 11) is 0. The standard InChI is InChI=1S/C8H13NO2/c10-7-2-5-11-8(7)3-1-4-9-6-8/h9H,1-6H2. The van der Waals surface area contributed by atoms with Crippen LogP contribution in [0.15, 0.2) is 0 Å². The Bertz CT molecular complexity index is 173. The molecule has 0 bridgehead atoms. The molecule has 2 aliphatic rings. The van der Waals surface area contributed by atoms with Gasteiger partial charge in [0.2, 0.25) is 0 Å². The molecule has 11 heavy (non-hydrogen) atoms. The molecule has 1 atom stereocenters. The van der Waals surface area contributed by atoms with Crippen molar-refractivity contribution < 1.29 is 9.53 Å². The molecule has 2 saturated heterocycles. The second-order valence-electron chi connectivity index (χ2n) is 3.30. The SMILES string of the molecule is O=C1CCOC12CCCNC2. The molecule has 0 aromatic heterocycles. The van der Waals surface area contributed by atoms with Crippen molar-refractivity contribution in [2.24, 2.45) is 0 Å². The number of hydrogen-bond donors (Lipinski definition) is 1. The van der Waals surface area contributed by atoms with Crippen molar-refractivity contribution in [1.29, 1.82) is 0 Å². The number of nitrogens with one attached hydrogen (secondary N) is 1. The van der Waals surface area contributed by atoms with Crippen LogP contribution in [-0.2, 0) is 9.53 Å². The molecule has 1 spiro atoms. The van der Waals surface area contributed by atoms with Gasteiger partial charge in [-0.15, -0.1) is 0 Å². The maximum absolute atomic E-state index is 11.4. The minimum Gasteiger partial charge on any atom is -0.365 e. The Hall–Kier alpha value is -0.410. The second kappa shape index (κ2) is 2.57. The number of ketones is 1. The van der Waals surface area contributed by atoms with Crippen LogP contribution in [-0.4, -0.2) is 31.1 Å². The van der Waals surface area contributed by atoms with E-state index in [2.05, 4.69) is 5.32 Å². The van der Waals surface area contributed by atoms with Crippen LogP contribution >= 0.6 is 0 Å². The van der Waals surface area contributed by atoms with Gasteiger partial charge in [0.05, 0.1) is 6.61 Å². The number of ether oxygens (including phenoxy) is 1. The highest BCUT2D eigenvalue weighted by Gasteiger charge is 2.43. The monoisotopic (exact) mass is 155 g/mol. The summed E-state index contributed by atoms with van der Waals surface area (Å²) in [5.74, 6) is 0.296. The molecule has 0 aliphatic carbocycles. The van der Waals surface area contributed by atoms with E-state index in [1.54, 1.807) is 0 Å². The molecule has 2 fully saturated rings. The smallest absolute Gasteiger partial charge is 0.168 e. The molecule has 3 heteroatoms. The molecule has 3 nitrogen and oxygen atoms in total. The van der Waals surface area contributed by atoms with E-state index in [-0.39, 0.29) is 0 Å². The number of carbonyl (C=O) groups is 1. The van der Waals surface area contributed by atoms with Crippen LogP contribution in [0.4, 0.5) is 0 Å². The van der Waals surface area contributed by atoms with E-state index in [9.17, 15) is 4.79 Å². The predicted octanol–water partition coefficient (Wildman–Crippen LogP) is 0.0980. The Balaban J connectivity index is 2.12. The summed E-state index contributed by atoms with van der Waals surface area (Å²) in [6, 6.07) is 0. The van der Waals surface area contributed by atoms with Crippen LogP contribution in [0.1, 0.15) is 19.3 Å². The molecule has 2 aliphatic heterocycles. The highest BCUT2D eigenvalue weighted by atomic mass is 16.5. The number of carbonyl (C=O) groups excluding carboxylic acids is 1. The lowest BCUT2D eigenvalue weighted by molar-refractivity contribution is -0.133. The predicted molar refractivity (Wildman–Crippen MR) is 40.4 cm³/mol. The first-order valence-corrected chi connectivity index (χ1v) is 4.21. The Morgan fingerprint density at radius 1 is 1.55 bits per heavy atom. The van der Waals surface area contributed by atoms with Gasteiger partial charge in [-0.2, -0.15) is 0 Å². The normalized spacial score (nSPS) is 38.4. The van der Waals surface area contributed by atoms with Crippen LogP contribution in [0.5, 0.6) is 0 Å². The minimum absolute atomic E-state index is 0.296. The summed E-state index contributed by atoms with van der Waals surface area (Å²) in [4.78, 5) is 11.4. The average Bonchev–Trinajstić information content (AvgIpc) is 2.36. The zero-order chi connectivity index (χ0) is 7.73. The summed E-state index contributed by atoms with van der Waals surface area (Å²) < 4.78 is 5.48. The minimum atomic E-state index is -0.418. The van der Waals surface area contributed by atoms with Gasteiger partial charge in [0.15, 0.2) is 5.78 Å². The highest BCUT2D eigenvalue weighted by Crippen LogP contribution is 2.28. The lowest BCUT2D eigenvalue weighted by atomic mass is 9.90. The second-order valence-corrected chi connectivity index (χ2v) is 3.30. The van der Waals surface area contributed by atoms with Crippen molar-refractivity contribution in [3.05, 3.63) is 0 Å². The van der Waals surface area contributed by atoms with E-state index in [0.717, 1.165) is 25.9 Å². The summed E-state index contributed by atoms with van der Waals surface area (Å²) >= 11 is 0. The third-order valence-electron chi connectivity index (χ3n) is 2.56. The molecule has 1 unspecified atom stereocenters. The molecule has 2 rings (SSSR count). The van der Waals surface area contributed by atoms with Crippen molar-refractivity contribution in [1.82, 2.24) is 5.32 Å². The van der Waals surface area contributed by atoms with Crippen LogP contribution in [0.2, 0.25) is 0 Å². The topological polar surface area (TPSA) is 38.3 Å². The van der Waals surface area contributed by atoms with Crippen LogP contribution in [0.3, 0.4) is 0 Å². The largest absolute Gasteiger partial charge is 0.365 e. The third-order valence-corrected chi connectivity index (χ3v) is 2.56. The van der Waals surface area contributed by atoms with Gasteiger partial charge in [-0.05, 0) is 19.4 Å². The van der Waals surface area contributed by atoms with E-state index >= 15 is 0 Å². The van der Waals surface area contributed by atoms with E-state index < -0.39 is 5.60 Å². The molecule has 0 aromatic carbocycles. The first-order chi connectivity index (χ1) is 5.33. The first kappa shape index (κ1) is 7.25.